The van der Waals surface area contributed by atoms with Gasteiger partial charge in [-0.1, -0.05) is 18.2 Å². The fourth-order valence-corrected chi connectivity index (χ4v) is 3.04. The molecule has 0 aliphatic rings. The van der Waals surface area contributed by atoms with Gasteiger partial charge < -0.3 is 10.1 Å². The summed E-state index contributed by atoms with van der Waals surface area (Å²) in [6.07, 6.45) is 1.80. The summed E-state index contributed by atoms with van der Waals surface area (Å²) in [5.41, 5.74) is 6.12. The summed E-state index contributed by atoms with van der Waals surface area (Å²) in [7, 11) is 0. The molecule has 3 aromatic carbocycles. The van der Waals surface area contributed by atoms with Crippen molar-refractivity contribution in [3.63, 3.8) is 0 Å². The zero-order valence-electron chi connectivity index (χ0n) is 16.7. The van der Waals surface area contributed by atoms with E-state index in [0.717, 1.165) is 22.5 Å². The van der Waals surface area contributed by atoms with Crippen LogP contribution in [0.5, 0.6) is 5.75 Å². The summed E-state index contributed by atoms with van der Waals surface area (Å²) >= 11 is 2.31. The van der Waals surface area contributed by atoms with Crippen LogP contribution in [0, 0.1) is 24.3 Å². The van der Waals surface area contributed by atoms with Gasteiger partial charge in [0.15, 0.2) is 6.61 Å². The Morgan fingerprint density at radius 1 is 1.00 bits per heavy atom. The van der Waals surface area contributed by atoms with Crippen LogP contribution < -0.4 is 10.1 Å². The molecule has 3 aromatic rings. The molecule has 0 bridgehead atoms. The van der Waals surface area contributed by atoms with E-state index in [1.807, 2.05) is 62.4 Å². The summed E-state index contributed by atoms with van der Waals surface area (Å²) < 4.78 is 6.87. The van der Waals surface area contributed by atoms with E-state index in [9.17, 15) is 4.79 Å². The number of anilines is 1. The van der Waals surface area contributed by atoms with Gasteiger partial charge in [-0.25, -0.2) is 0 Å². The largest absolute Gasteiger partial charge is 0.484 e. The molecule has 1 N–H and O–H groups in total. The Labute approximate surface area is 185 Å². The number of hydrogen-bond donors (Lipinski definition) is 1. The number of rotatable bonds is 6. The first-order chi connectivity index (χ1) is 13.9. The van der Waals surface area contributed by atoms with Crippen molar-refractivity contribution in [1.29, 1.82) is 0 Å². The monoisotopic (exact) mass is 498 g/mol. The van der Waals surface area contributed by atoms with Crippen molar-refractivity contribution in [2.45, 2.75) is 20.8 Å². The zero-order valence-corrected chi connectivity index (χ0v) is 18.9. The van der Waals surface area contributed by atoms with Crippen LogP contribution in [0.15, 0.2) is 65.7 Å². The first-order valence-electron chi connectivity index (χ1n) is 9.31. The van der Waals surface area contributed by atoms with Crippen LogP contribution in [-0.2, 0) is 4.79 Å². The van der Waals surface area contributed by atoms with Gasteiger partial charge in [0.2, 0.25) is 0 Å². The average Bonchev–Trinajstić information content (AvgIpc) is 2.70. The maximum Gasteiger partial charge on any atom is 0.262 e. The fraction of sp³-hybridized carbons (Fsp3) is 0.167. The SMILES string of the molecule is Cc1ccc(NC(=O)COc2cccc(C=Nc3ccc(I)c(C)c3)c2)cc1C. The molecule has 0 saturated carbocycles. The van der Waals surface area contributed by atoms with Crippen LogP contribution in [0.2, 0.25) is 0 Å². The van der Waals surface area contributed by atoms with E-state index in [1.54, 1.807) is 6.21 Å². The quantitative estimate of drug-likeness (QED) is 0.336. The molecule has 4 nitrogen and oxygen atoms in total. The second-order valence-corrected chi connectivity index (χ2v) is 8.06. The third-order valence-electron chi connectivity index (χ3n) is 4.52. The summed E-state index contributed by atoms with van der Waals surface area (Å²) in [4.78, 5) is 16.7. The van der Waals surface area contributed by atoms with E-state index < -0.39 is 0 Å². The molecule has 29 heavy (non-hydrogen) atoms. The normalized spacial score (nSPS) is 10.9. The number of nitrogens with one attached hydrogen (secondary N) is 1. The van der Waals surface area contributed by atoms with Gasteiger partial charge >= 0.3 is 0 Å². The number of amides is 1. The number of aliphatic imine (C=N–C) groups is 1. The third-order valence-corrected chi connectivity index (χ3v) is 5.73. The minimum Gasteiger partial charge on any atom is -0.484 e. The van der Waals surface area contributed by atoms with Crippen molar-refractivity contribution >= 4 is 46.1 Å². The van der Waals surface area contributed by atoms with Crippen molar-refractivity contribution in [2.24, 2.45) is 4.99 Å². The van der Waals surface area contributed by atoms with Crippen LogP contribution in [-0.4, -0.2) is 18.7 Å². The van der Waals surface area contributed by atoms with Gasteiger partial charge in [-0.3, -0.25) is 9.79 Å². The summed E-state index contributed by atoms with van der Waals surface area (Å²) in [6, 6.07) is 19.5. The minimum atomic E-state index is -0.193. The summed E-state index contributed by atoms with van der Waals surface area (Å²) in [5, 5.41) is 2.86. The summed E-state index contributed by atoms with van der Waals surface area (Å²) in [6.45, 7) is 6.08. The van der Waals surface area contributed by atoms with Crippen molar-refractivity contribution in [3.05, 3.63) is 86.5 Å². The Hall–Kier alpha value is -2.67. The zero-order chi connectivity index (χ0) is 20.8. The number of carbonyl (C=O) groups is 1. The number of hydrogen-bond acceptors (Lipinski definition) is 3. The maximum atomic E-state index is 12.2. The van der Waals surface area contributed by atoms with Crippen molar-refractivity contribution in [3.8, 4) is 5.75 Å². The topological polar surface area (TPSA) is 50.7 Å². The van der Waals surface area contributed by atoms with Crippen LogP contribution in [0.4, 0.5) is 11.4 Å². The molecule has 0 fully saturated rings. The first-order valence-corrected chi connectivity index (χ1v) is 10.4. The highest BCUT2D eigenvalue weighted by Crippen LogP contribution is 2.20. The van der Waals surface area contributed by atoms with E-state index in [4.69, 9.17) is 4.74 Å². The van der Waals surface area contributed by atoms with Crippen molar-refractivity contribution < 1.29 is 9.53 Å². The van der Waals surface area contributed by atoms with Gasteiger partial charge in [-0.15, -0.1) is 0 Å². The molecule has 0 unspecified atom stereocenters. The van der Waals surface area contributed by atoms with Gasteiger partial charge in [0.25, 0.3) is 5.91 Å². The Bertz CT molecular complexity index is 1060. The third kappa shape index (κ3) is 6.15. The highest BCUT2D eigenvalue weighted by molar-refractivity contribution is 14.1. The lowest BCUT2D eigenvalue weighted by molar-refractivity contribution is -0.118. The number of carbonyl (C=O) groups excluding carboxylic acids is 1. The molecule has 0 heterocycles. The number of halogens is 1. The number of nitrogens with zero attached hydrogens (tertiary/aromatic N) is 1. The van der Waals surface area contributed by atoms with E-state index >= 15 is 0 Å². The lowest BCUT2D eigenvalue weighted by atomic mass is 10.1. The highest BCUT2D eigenvalue weighted by atomic mass is 127. The lowest BCUT2D eigenvalue weighted by Gasteiger charge is -2.09. The standard InChI is InChI=1S/C24H23IN2O2/c1-16-7-8-21(11-17(16)2)27-24(28)15-29-22-6-4-5-19(13-22)14-26-20-9-10-23(25)18(3)12-20/h4-14H,15H2,1-3H3,(H,27,28). The molecule has 0 aromatic heterocycles. The van der Waals surface area contributed by atoms with E-state index in [-0.39, 0.29) is 12.5 Å². The predicted molar refractivity (Wildman–Crippen MR) is 128 cm³/mol. The van der Waals surface area contributed by atoms with Gasteiger partial charge in [0.05, 0.1) is 5.69 Å². The van der Waals surface area contributed by atoms with Gasteiger partial charge in [-0.2, -0.15) is 0 Å². The molecule has 148 valence electrons. The number of aryl methyl sites for hydroxylation is 3. The van der Waals surface area contributed by atoms with Gasteiger partial charge in [0, 0.05) is 15.5 Å². The first kappa shape index (κ1) is 21.0. The number of ether oxygens (including phenoxy) is 1. The highest BCUT2D eigenvalue weighted by Gasteiger charge is 2.05. The molecule has 0 saturated heterocycles. The lowest BCUT2D eigenvalue weighted by Crippen LogP contribution is -2.20. The maximum absolute atomic E-state index is 12.2. The molecule has 1 amide bonds. The van der Waals surface area contributed by atoms with Crippen LogP contribution in [0.1, 0.15) is 22.3 Å². The molecule has 5 heteroatoms. The van der Waals surface area contributed by atoms with Crippen LogP contribution in [0.25, 0.3) is 0 Å². The molecule has 0 spiro atoms. The Balaban J connectivity index is 1.59. The van der Waals surface area contributed by atoms with Gasteiger partial charge in [0.1, 0.15) is 5.75 Å². The minimum absolute atomic E-state index is 0.0517. The van der Waals surface area contributed by atoms with E-state index in [1.165, 1.54) is 14.7 Å². The van der Waals surface area contributed by atoms with Gasteiger partial charge in [-0.05, 0) is 108 Å². The average molecular weight is 498 g/mol. The molecule has 0 aliphatic heterocycles. The Morgan fingerprint density at radius 2 is 1.83 bits per heavy atom. The predicted octanol–water partition coefficient (Wildman–Crippen LogP) is 5.98. The molecule has 0 atom stereocenters. The fourth-order valence-electron chi connectivity index (χ4n) is 2.71. The van der Waals surface area contributed by atoms with E-state index in [2.05, 4.69) is 52.0 Å². The van der Waals surface area contributed by atoms with E-state index in [0.29, 0.717) is 5.75 Å². The van der Waals surface area contributed by atoms with Crippen molar-refractivity contribution in [2.75, 3.05) is 11.9 Å². The molecular formula is C24H23IN2O2. The summed E-state index contributed by atoms with van der Waals surface area (Å²) in [5.74, 6) is 0.435. The Morgan fingerprint density at radius 3 is 2.59 bits per heavy atom. The second kappa shape index (κ2) is 9.69. The van der Waals surface area contributed by atoms with Crippen molar-refractivity contribution in [1.82, 2.24) is 0 Å². The Kier molecular flexibility index (Phi) is 7.04. The second-order valence-electron chi connectivity index (χ2n) is 6.90. The molecule has 3 rings (SSSR count). The number of benzene rings is 3. The smallest absolute Gasteiger partial charge is 0.262 e. The van der Waals surface area contributed by atoms with Crippen LogP contribution >= 0.6 is 22.6 Å². The molecule has 0 aliphatic carbocycles. The molecule has 0 radical (unpaired) electrons. The van der Waals surface area contributed by atoms with Crippen LogP contribution in [0.3, 0.4) is 0 Å². The molecular weight excluding hydrogens is 475 g/mol.